The van der Waals surface area contributed by atoms with Gasteiger partial charge in [-0.1, -0.05) is 61.7 Å². The molecule has 2 aromatic carbocycles. The highest BCUT2D eigenvalue weighted by atomic mass is 16.1. The van der Waals surface area contributed by atoms with Crippen molar-refractivity contribution in [2.24, 2.45) is 5.92 Å². The molecular formula is C22H25N3O. The lowest BCUT2D eigenvalue weighted by Crippen LogP contribution is -2.32. The van der Waals surface area contributed by atoms with Gasteiger partial charge in [-0.3, -0.25) is 4.79 Å². The molecule has 4 rings (SSSR count). The van der Waals surface area contributed by atoms with Crippen LogP contribution in [0.1, 0.15) is 43.5 Å². The van der Waals surface area contributed by atoms with E-state index in [4.69, 9.17) is 4.98 Å². The van der Waals surface area contributed by atoms with Crippen molar-refractivity contribution in [3.05, 3.63) is 66.0 Å². The molecule has 4 heteroatoms. The number of benzene rings is 2. The second-order valence-corrected chi connectivity index (χ2v) is 7.14. The van der Waals surface area contributed by atoms with Gasteiger partial charge in [-0.05, 0) is 30.5 Å². The monoisotopic (exact) mass is 347 g/mol. The Kier molecular flexibility index (Phi) is 5.00. The molecular weight excluding hydrogens is 322 g/mol. The van der Waals surface area contributed by atoms with E-state index in [1.165, 1.54) is 24.8 Å². The summed E-state index contributed by atoms with van der Waals surface area (Å²) in [5, 5.41) is 3.13. The van der Waals surface area contributed by atoms with Crippen molar-refractivity contribution in [1.29, 1.82) is 0 Å². The number of para-hydroxylation sites is 2. The zero-order valence-corrected chi connectivity index (χ0v) is 15.0. The lowest BCUT2D eigenvalue weighted by Gasteiger charge is -2.20. The van der Waals surface area contributed by atoms with Gasteiger partial charge in [-0.15, -0.1) is 0 Å². The summed E-state index contributed by atoms with van der Waals surface area (Å²) in [7, 11) is 0. The lowest BCUT2D eigenvalue weighted by atomic mass is 9.89. The van der Waals surface area contributed by atoms with E-state index in [-0.39, 0.29) is 11.8 Å². The second kappa shape index (κ2) is 7.73. The predicted octanol–water partition coefficient (Wildman–Crippen LogP) is 4.28. The molecule has 0 unspecified atom stereocenters. The van der Waals surface area contributed by atoms with Crippen molar-refractivity contribution in [1.82, 2.24) is 14.9 Å². The first-order valence-corrected chi connectivity index (χ1v) is 9.57. The smallest absolute Gasteiger partial charge is 0.223 e. The molecule has 4 nitrogen and oxygen atoms in total. The quantitative estimate of drug-likeness (QED) is 0.749. The fourth-order valence-corrected chi connectivity index (χ4v) is 3.88. The maximum atomic E-state index is 12.5. The Morgan fingerprint density at radius 3 is 2.54 bits per heavy atom. The van der Waals surface area contributed by atoms with Crippen molar-refractivity contribution >= 4 is 16.9 Å². The minimum absolute atomic E-state index is 0.177. The Morgan fingerprint density at radius 2 is 1.73 bits per heavy atom. The average Bonchev–Trinajstić information content (AvgIpc) is 3.05. The van der Waals surface area contributed by atoms with E-state index in [9.17, 15) is 4.79 Å². The van der Waals surface area contributed by atoms with Crippen LogP contribution in [0.15, 0.2) is 54.6 Å². The maximum absolute atomic E-state index is 12.5. The third kappa shape index (κ3) is 3.64. The molecule has 134 valence electrons. The topological polar surface area (TPSA) is 46.9 Å². The van der Waals surface area contributed by atoms with Gasteiger partial charge in [-0.2, -0.15) is 0 Å². The van der Waals surface area contributed by atoms with E-state index in [0.29, 0.717) is 6.54 Å². The van der Waals surface area contributed by atoms with Crippen LogP contribution in [-0.2, 0) is 17.9 Å². The normalized spacial score (nSPS) is 15.2. The first-order valence-electron chi connectivity index (χ1n) is 9.57. The summed E-state index contributed by atoms with van der Waals surface area (Å²) in [5.74, 6) is 1.28. The Bertz CT molecular complexity index is 879. The van der Waals surface area contributed by atoms with Gasteiger partial charge in [0, 0.05) is 12.5 Å². The number of nitrogens with zero attached hydrogens (tertiary/aromatic N) is 2. The minimum Gasteiger partial charge on any atom is -0.349 e. The van der Waals surface area contributed by atoms with Crippen molar-refractivity contribution < 1.29 is 4.79 Å². The van der Waals surface area contributed by atoms with Crippen molar-refractivity contribution in [2.45, 2.75) is 45.2 Å². The zero-order valence-electron chi connectivity index (χ0n) is 15.0. The molecule has 0 spiro atoms. The summed E-state index contributed by atoms with van der Waals surface area (Å²) in [6.45, 7) is 1.24. The SMILES string of the molecule is O=C(NCc1nc2ccccc2n1Cc1ccccc1)C1CCCCC1. The fourth-order valence-electron chi connectivity index (χ4n) is 3.88. The zero-order chi connectivity index (χ0) is 17.8. The number of hydrogen-bond donors (Lipinski definition) is 1. The number of imidazole rings is 1. The van der Waals surface area contributed by atoms with Gasteiger partial charge in [0.05, 0.1) is 17.6 Å². The molecule has 3 aromatic rings. The van der Waals surface area contributed by atoms with E-state index in [1.54, 1.807) is 0 Å². The lowest BCUT2D eigenvalue weighted by molar-refractivity contribution is -0.126. The third-order valence-electron chi connectivity index (χ3n) is 5.31. The molecule has 1 aliphatic rings. The summed E-state index contributed by atoms with van der Waals surface area (Å²) in [4.78, 5) is 17.3. The van der Waals surface area contributed by atoms with Crippen molar-refractivity contribution in [3.8, 4) is 0 Å². The Morgan fingerprint density at radius 1 is 1.00 bits per heavy atom. The second-order valence-electron chi connectivity index (χ2n) is 7.14. The molecule has 26 heavy (non-hydrogen) atoms. The highest BCUT2D eigenvalue weighted by Crippen LogP contribution is 2.24. The number of nitrogens with one attached hydrogen (secondary N) is 1. The molecule has 1 saturated carbocycles. The first kappa shape index (κ1) is 16.8. The molecule has 1 aliphatic carbocycles. The number of carbonyl (C=O) groups is 1. The molecule has 0 atom stereocenters. The number of aromatic nitrogens is 2. The minimum atomic E-state index is 0.177. The van der Waals surface area contributed by atoms with Crippen LogP contribution >= 0.6 is 0 Å². The van der Waals surface area contributed by atoms with Gasteiger partial charge in [0.25, 0.3) is 0 Å². The Hall–Kier alpha value is -2.62. The Balaban J connectivity index is 1.55. The van der Waals surface area contributed by atoms with Gasteiger partial charge >= 0.3 is 0 Å². The van der Waals surface area contributed by atoms with Gasteiger partial charge in [0.15, 0.2) is 0 Å². The van der Waals surface area contributed by atoms with Crippen LogP contribution in [0.2, 0.25) is 0 Å². The molecule has 0 saturated heterocycles. The summed E-state index contributed by atoms with van der Waals surface area (Å²) < 4.78 is 2.21. The van der Waals surface area contributed by atoms with Crippen LogP contribution in [0.3, 0.4) is 0 Å². The van der Waals surface area contributed by atoms with E-state index in [2.05, 4.69) is 40.2 Å². The van der Waals surface area contributed by atoms with Crippen LogP contribution in [0, 0.1) is 5.92 Å². The molecule has 1 amide bonds. The van der Waals surface area contributed by atoms with Gasteiger partial charge < -0.3 is 9.88 Å². The number of fused-ring (bicyclic) bond motifs is 1. The highest BCUT2D eigenvalue weighted by Gasteiger charge is 2.21. The van der Waals surface area contributed by atoms with Crippen molar-refractivity contribution in [2.75, 3.05) is 0 Å². The molecule has 0 radical (unpaired) electrons. The van der Waals surface area contributed by atoms with E-state index >= 15 is 0 Å². The van der Waals surface area contributed by atoms with Gasteiger partial charge in [0.2, 0.25) is 5.91 Å². The summed E-state index contributed by atoms with van der Waals surface area (Å²) in [6, 6.07) is 18.6. The molecule has 1 fully saturated rings. The van der Waals surface area contributed by atoms with Crippen LogP contribution < -0.4 is 5.32 Å². The van der Waals surface area contributed by atoms with E-state index in [1.807, 2.05) is 24.3 Å². The van der Waals surface area contributed by atoms with Gasteiger partial charge in [-0.25, -0.2) is 4.98 Å². The van der Waals surface area contributed by atoms with Crippen LogP contribution in [0.25, 0.3) is 11.0 Å². The number of carbonyl (C=O) groups excluding carboxylic acids is 1. The molecule has 0 aliphatic heterocycles. The average molecular weight is 347 g/mol. The van der Waals surface area contributed by atoms with Gasteiger partial charge in [0.1, 0.15) is 5.82 Å². The van der Waals surface area contributed by atoms with Crippen LogP contribution in [0.5, 0.6) is 0 Å². The van der Waals surface area contributed by atoms with Crippen LogP contribution in [0.4, 0.5) is 0 Å². The number of rotatable bonds is 5. The molecule has 0 bridgehead atoms. The molecule has 1 aromatic heterocycles. The first-order chi connectivity index (χ1) is 12.8. The van der Waals surface area contributed by atoms with Crippen molar-refractivity contribution in [3.63, 3.8) is 0 Å². The number of hydrogen-bond acceptors (Lipinski definition) is 2. The van der Waals surface area contributed by atoms with E-state index < -0.39 is 0 Å². The fraction of sp³-hybridized carbons (Fsp3) is 0.364. The predicted molar refractivity (Wildman–Crippen MR) is 104 cm³/mol. The standard InChI is InChI=1S/C22H25N3O/c26-22(18-11-5-2-6-12-18)23-15-21-24-19-13-7-8-14-20(19)25(21)16-17-9-3-1-4-10-17/h1,3-4,7-10,13-14,18H,2,5-6,11-12,15-16H2,(H,23,26). The van der Waals surface area contributed by atoms with E-state index in [0.717, 1.165) is 36.2 Å². The molecule has 1 heterocycles. The molecule has 1 N–H and O–H groups in total. The summed E-state index contributed by atoms with van der Waals surface area (Å²) >= 11 is 0. The summed E-state index contributed by atoms with van der Waals surface area (Å²) in [5.41, 5.74) is 3.32. The number of amides is 1. The third-order valence-corrected chi connectivity index (χ3v) is 5.31. The van der Waals surface area contributed by atoms with Crippen LogP contribution in [-0.4, -0.2) is 15.5 Å². The maximum Gasteiger partial charge on any atom is 0.223 e. The Labute approximate surface area is 154 Å². The summed E-state index contributed by atoms with van der Waals surface area (Å²) in [6.07, 6.45) is 5.64. The highest BCUT2D eigenvalue weighted by molar-refractivity contribution is 5.79. The largest absolute Gasteiger partial charge is 0.349 e.